The molecule has 1 amide bonds. The molecule has 0 spiro atoms. The summed E-state index contributed by atoms with van der Waals surface area (Å²) in [5.74, 6) is 0.262. The largest absolute Gasteiger partial charge is 0.353 e. The van der Waals surface area contributed by atoms with Crippen LogP contribution in [-0.2, 0) is 11.2 Å². The Labute approximate surface area is 143 Å². The van der Waals surface area contributed by atoms with E-state index in [4.69, 9.17) is 0 Å². The molecule has 0 saturated carbocycles. The smallest absolute Gasteiger partial charge is 0.220 e. The van der Waals surface area contributed by atoms with Crippen LogP contribution in [-0.4, -0.2) is 24.0 Å². The summed E-state index contributed by atoms with van der Waals surface area (Å²) in [5, 5.41) is 9.00. The highest BCUT2D eigenvalue weighted by Gasteiger charge is 2.33. The van der Waals surface area contributed by atoms with Crippen molar-refractivity contribution in [3.05, 3.63) is 22.4 Å². The topological polar surface area (TPSA) is 41.1 Å². The molecule has 3 rings (SSSR count). The van der Waals surface area contributed by atoms with E-state index in [0.29, 0.717) is 24.5 Å². The Hall–Kier alpha value is -0.580. The summed E-state index contributed by atoms with van der Waals surface area (Å²) in [6.45, 7) is 0. The monoisotopic (exact) mass is 342 g/mol. The van der Waals surface area contributed by atoms with Crippen molar-refractivity contribution in [1.82, 2.24) is 10.6 Å². The minimum absolute atomic E-state index is 0. The first kappa shape index (κ1) is 17.8. The average molecular weight is 343 g/mol. The van der Waals surface area contributed by atoms with Crippen molar-refractivity contribution in [2.24, 2.45) is 0 Å². The number of unbranched alkanes of at least 4 members (excludes halogenated alkanes) is 2. The van der Waals surface area contributed by atoms with Gasteiger partial charge in [0.15, 0.2) is 0 Å². The highest BCUT2D eigenvalue weighted by atomic mass is 35.5. The van der Waals surface area contributed by atoms with Crippen molar-refractivity contribution >= 4 is 29.7 Å². The molecule has 0 aromatic carbocycles. The fraction of sp³-hybridized carbons (Fsp3) is 0.706. The van der Waals surface area contributed by atoms with Gasteiger partial charge in [-0.2, -0.15) is 0 Å². The van der Waals surface area contributed by atoms with E-state index in [0.717, 1.165) is 32.1 Å². The Kier molecular flexibility index (Phi) is 7.19. The summed E-state index contributed by atoms with van der Waals surface area (Å²) in [4.78, 5) is 13.5. The van der Waals surface area contributed by atoms with Gasteiger partial charge < -0.3 is 10.6 Å². The van der Waals surface area contributed by atoms with Crippen LogP contribution in [0.5, 0.6) is 0 Å². The minimum Gasteiger partial charge on any atom is -0.353 e. The number of halogens is 1. The Balaban J connectivity index is 0.00000176. The van der Waals surface area contributed by atoms with E-state index in [-0.39, 0.29) is 18.3 Å². The summed E-state index contributed by atoms with van der Waals surface area (Å²) in [6, 6.07) is 6.03. The van der Waals surface area contributed by atoms with Gasteiger partial charge in [-0.25, -0.2) is 0 Å². The zero-order valence-electron chi connectivity index (χ0n) is 13.1. The predicted molar refractivity (Wildman–Crippen MR) is 94.8 cm³/mol. The van der Waals surface area contributed by atoms with Gasteiger partial charge in [0.25, 0.3) is 0 Å². The van der Waals surface area contributed by atoms with Crippen LogP contribution in [0.3, 0.4) is 0 Å². The van der Waals surface area contributed by atoms with Crippen molar-refractivity contribution in [3.63, 3.8) is 0 Å². The van der Waals surface area contributed by atoms with Crippen LogP contribution in [0.15, 0.2) is 17.5 Å². The van der Waals surface area contributed by atoms with Gasteiger partial charge >= 0.3 is 0 Å². The Bertz CT molecular complexity index is 440. The first-order chi connectivity index (χ1) is 10.3. The maximum absolute atomic E-state index is 12.0. The molecule has 2 bridgehead atoms. The molecular formula is C17H27ClN2OS. The van der Waals surface area contributed by atoms with Crippen LogP contribution in [0.4, 0.5) is 0 Å². The molecule has 0 aliphatic carbocycles. The molecule has 2 unspecified atom stereocenters. The number of fused-ring (bicyclic) bond motifs is 2. The van der Waals surface area contributed by atoms with Gasteiger partial charge in [-0.15, -0.1) is 23.7 Å². The fourth-order valence-corrected chi connectivity index (χ4v) is 4.44. The van der Waals surface area contributed by atoms with Crippen molar-refractivity contribution in [2.45, 2.75) is 75.9 Å². The number of carbonyl (C=O) groups excluding carboxylic acids is 1. The van der Waals surface area contributed by atoms with E-state index in [1.807, 2.05) is 11.3 Å². The molecule has 0 radical (unpaired) electrons. The third-order valence-corrected chi connectivity index (χ3v) is 5.68. The normalized spacial score (nSPS) is 26.5. The first-order valence-corrected chi connectivity index (χ1v) is 9.25. The van der Waals surface area contributed by atoms with Crippen LogP contribution in [0, 0.1) is 0 Å². The third-order valence-electron chi connectivity index (χ3n) is 4.75. The number of nitrogens with one attached hydrogen (secondary N) is 2. The molecule has 2 atom stereocenters. The van der Waals surface area contributed by atoms with Crippen molar-refractivity contribution in [2.75, 3.05) is 0 Å². The van der Waals surface area contributed by atoms with E-state index < -0.39 is 0 Å². The first-order valence-electron chi connectivity index (χ1n) is 8.37. The van der Waals surface area contributed by atoms with E-state index >= 15 is 0 Å². The Morgan fingerprint density at radius 1 is 1.23 bits per heavy atom. The van der Waals surface area contributed by atoms with Gasteiger partial charge in [-0.1, -0.05) is 12.5 Å². The maximum atomic E-state index is 12.0. The van der Waals surface area contributed by atoms with E-state index in [2.05, 4.69) is 28.1 Å². The standard InChI is InChI=1S/C17H26N2OS.ClH/c20-17(7-3-1-2-5-16-6-4-10-21-16)19-15-11-13-8-9-14(12-15)18-13;/h4,6,10,13-15,18H,1-3,5,7-9,11-12H2,(H,19,20);1H. The maximum Gasteiger partial charge on any atom is 0.220 e. The van der Waals surface area contributed by atoms with Crippen LogP contribution < -0.4 is 10.6 Å². The summed E-state index contributed by atoms with van der Waals surface area (Å²) >= 11 is 1.83. The second kappa shape index (κ2) is 8.90. The quantitative estimate of drug-likeness (QED) is 0.742. The summed E-state index contributed by atoms with van der Waals surface area (Å²) in [7, 11) is 0. The number of aryl methyl sites for hydroxylation is 1. The van der Waals surface area contributed by atoms with Gasteiger partial charge in [0, 0.05) is 29.4 Å². The lowest BCUT2D eigenvalue weighted by atomic mass is 9.99. The molecule has 2 aliphatic rings. The molecule has 2 aliphatic heterocycles. The number of rotatable bonds is 7. The highest BCUT2D eigenvalue weighted by molar-refractivity contribution is 7.09. The lowest BCUT2D eigenvalue weighted by Crippen LogP contribution is -2.47. The van der Waals surface area contributed by atoms with Crippen molar-refractivity contribution < 1.29 is 4.79 Å². The lowest BCUT2D eigenvalue weighted by molar-refractivity contribution is -0.122. The Morgan fingerprint density at radius 3 is 2.68 bits per heavy atom. The molecule has 22 heavy (non-hydrogen) atoms. The lowest BCUT2D eigenvalue weighted by Gasteiger charge is -2.29. The van der Waals surface area contributed by atoms with Gasteiger partial charge in [-0.3, -0.25) is 4.79 Å². The molecule has 1 aromatic heterocycles. The molecule has 124 valence electrons. The summed E-state index contributed by atoms with van der Waals surface area (Å²) in [6.07, 6.45) is 10.1. The summed E-state index contributed by atoms with van der Waals surface area (Å²) in [5.41, 5.74) is 0. The molecule has 5 heteroatoms. The Morgan fingerprint density at radius 2 is 2.00 bits per heavy atom. The molecule has 1 aromatic rings. The van der Waals surface area contributed by atoms with Crippen molar-refractivity contribution in [3.8, 4) is 0 Å². The molecule has 2 fully saturated rings. The highest BCUT2D eigenvalue weighted by Crippen LogP contribution is 2.26. The molecule has 3 heterocycles. The third kappa shape index (κ3) is 5.25. The second-order valence-electron chi connectivity index (χ2n) is 6.51. The van der Waals surface area contributed by atoms with Crippen LogP contribution in [0.1, 0.15) is 56.2 Å². The zero-order valence-corrected chi connectivity index (χ0v) is 14.7. The van der Waals surface area contributed by atoms with Gasteiger partial charge in [0.1, 0.15) is 0 Å². The number of amides is 1. The number of hydrogen-bond donors (Lipinski definition) is 2. The van der Waals surface area contributed by atoms with Gasteiger partial charge in [0.05, 0.1) is 0 Å². The van der Waals surface area contributed by atoms with Gasteiger partial charge in [0.2, 0.25) is 5.91 Å². The van der Waals surface area contributed by atoms with Gasteiger partial charge in [-0.05, 0) is 56.4 Å². The predicted octanol–water partition coefficient (Wildman–Crippen LogP) is 3.67. The molecule has 2 N–H and O–H groups in total. The second-order valence-corrected chi connectivity index (χ2v) is 7.55. The number of piperidine rings is 1. The van der Waals surface area contributed by atoms with Crippen LogP contribution in [0.25, 0.3) is 0 Å². The van der Waals surface area contributed by atoms with Crippen molar-refractivity contribution in [1.29, 1.82) is 0 Å². The SMILES string of the molecule is Cl.O=C(CCCCCc1cccs1)NC1CC2CCC(C1)N2. The number of hydrogen-bond acceptors (Lipinski definition) is 3. The fourth-order valence-electron chi connectivity index (χ4n) is 3.69. The zero-order chi connectivity index (χ0) is 14.5. The molecule has 3 nitrogen and oxygen atoms in total. The van der Waals surface area contributed by atoms with E-state index in [9.17, 15) is 4.79 Å². The van der Waals surface area contributed by atoms with E-state index in [1.54, 1.807) is 0 Å². The number of carbonyl (C=O) groups is 1. The summed E-state index contributed by atoms with van der Waals surface area (Å²) < 4.78 is 0. The molecule has 2 saturated heterocycles. The van der Waals surface area contributed by atoms with Crippen LogP contribution in [0.2, 0.25) is 0 Å². The van der Waals surface area contributed by atoms with E-state index in [1.165, 1.54) is 24.1 Å². The average Bonchev–Trinajstić information content (AvgIpc) is 3.08. The van der Waals surface area contributed by atoms with Crippen LogP contribution >= 0.6 is 23.7 Å². The minimum atomic E-state index is 0. The number of thiophene rings is 1. The molecular weight excluding hydrogens is 316 g/mol.